The van der Waals surface area contributed by atoms with Crippen molar-refractivity contribution in [2.45, 2.75) is 44.4 Å². The van der Waals surface area contributed by atoms with Crippen LogP contribution >= 0.6 is 15.9 Å². The van der Waals surface area contributed by atoms with Crippen LogP contribution < -0.4 is 4.74 Å². The van der Waals surface area contributed by atoms with Crippen LogP contribution in [-0.2, 0) is 23.9 Å². The summed E-state index contributed by atoms with van der Waals surface area (Å²) in [6.45, 7) is -0.00844. The molecular formula is C21H21BrF3NO2. The molecule has 0 N–H and O–H groups in total. The average Bonchev–Trinajstić information content (AvgIpc) is 3.49. The van der Waals surface area contributed by atoms with Gasteiger partial charge in [-0.05, 0) is 64.5 Å². The number of aryl methyl sites for hydroxylation is 1. The first kappa shape index (κ1) is 20.7. The summed E-state index contributed by atoms with van der Waals surface area (Å²) in [5.41, 5.74) is 0.433. The first-order chi connectivity index (χ1) is 13.3. The molecule has 0 heterocycles. The van der Waals surface area contributed by atoms with E-state index in [9.17, 15) is 18.0 Å². The molecule has 2 aromatic carbocycles. The van der Waals surface area contributed by atoms with Gasteiger partial charge in [-0.3, -0.25) is 4.79 Å². The van der Waals surface area contributed by atoms with Gasteiger partial charge in [-0.25, -0.2) is 0 Å². The van der Waals surface area contributed by atoms with Crippen LogP contribution in [0.2, 0.25) is 0 Å². The first-order valence-corrected chi connectivity index (χ1v) is 9.86. The summed E-state index contributed by atoms with van der Waals surface area (Å²) < 4.78 is 45.8. The molecule has 0 radical (unpaired) electrons. The minimum Gasteiger partial charge on any atom is -0.496 e. The number of methoxy groups -OCH3 is 1. The van der Waals surface area contributed by atoms with Crippen LogP contribution in [0.5, 0.6) is 5.75 Å². The number of hydrogen-bond donors (Lipinski definition) is 0. The van der Waals surface area contributed by atoms with Crippen molar-refractivity contribution in [1.82, 2.24) is 4.90 Å². The number of carbonyl (C=O) groups excluding carboxylic acids is 1. The van der Waals surface area contributed by atoms with E-state index in [-0.39, 0.29) is 30.5 Å². The summed E-state index contributed by atoms with van der Waals surface area (Å²) in [6, 6.07) is 11.1. The largest absolute Gasteiger partial charge is 0.496 e. The van der Waals surface area contributed by atoms with E-state index in [2.05, 4.69) is 15.9 Å². The summed E-state index contributed by atoms with van der Waals surface area (Å²) in [5, 5.41) is 0. The molecule has 0 aliphatic heterocycles. The van der Waals surface area contributed by atoms with E-state index in [1.165, 1.54) is 12.1 Å². The molecule has 3 nitrogen and oxygen atoms in total. The van der Waals surface area contributed by atoms with Crippen molar-refractivity contribution < 1.29 is 22.7 Å². The molecule has 0 bridgehead atoms. The van der Waals surface area contributed by atoms with Gasteiger partial charge < -0.3 is 9.64 Å². The van der Waals surface area contributed by atoms with Gasteiger partial charge >= 0.3 is 6.18 Å². The molecule has 0 unspecified atom stereocenters. The Labute approximate surface area is 170 Å². The third-order valence-electron chi connectivity index (χ3n) is 4.82. The maximum Gasteiger partial charge on any atom is 0.416 e. The van der Waals surface area contributed by atoms with Crippen molar-refractivity contribution >= 4 is 21.8 Å². The molecule has 2 aromatic rings. The van der Waals surface area contributed by atoms with Crippen molar-refractivity contribution in [1.29, 1.82) is 0 Å². The molecule has 0 aromatic heterocycles. The van der Waals surface area contributed by atoms with Crippen LogP contribution in [0.4, 0.5) is 13.2 Å². The van der Waals surface area contributed by atoms with Gasteiger partial charge in [0.1, 0.15) is 5.75 Å². The molecule has 0 saturated heterocycles. The maximum atomic E-state index is 13.3. The first-order valence-electron chi connectivity index (χ1n) is 9.06. The Kier molecular flexibility index (Phi) is 6.33. The standard InChI is InChI=1S/C21H21BrF3NO2/c1-28-19-10-6-14(12-18(19)22)7-11-20(27)26(16-8-9-16)13-15-4-2-3-5-17(15)21(23,24)25/h2-6,10,12,16H,7-9,11,13H2,1H3. The quantitative estimate of drug-likeness (QED) is 0.543. The predicted molar refractivity (Wildman–Crippen MR) is 104 cm³/mol. The highest BCUT2D eigenvalue weighted by Crippen LogP contribution is 2.35. The van der Waals surface area contributed by atoms with Gasteiger partial charge in [0.05, 0.1) is 17.1 Å². The van der Waals surface area contributed by atoms with Gasteiger partial charge in [0.15, 0.2) is 0 Å². The lowest BCUT2D eigenvalue weighted by atomic mass is 10.1. The molecule has 28 heavy (non-hydrogen) atoms. The molecule has 3 rings (SSSR count). The highest BCUT2D eigenvalue weighted by atomic mass is 79.9. The molecule has 0 atom stereocenters. The van der Waals surface area contributed by atoms with E-state index in [0.717, 1.165) is 28.9 Å². The molecule has 7 heteroatoms. The zero-order valence-electron chi connectivity index (χ0n) is 15.4. The summed E-state index contributed by atoms with van der Waals surface area (Å²) >= 11 is 3.42. The fraction of sp³-hybridized carbons (Fsp3) is 0.381. The average molecular weight is 456 g/mol. The normalized spacial score (nSPS) is 14.0. The summed E-state index contributed by atoms with van der Waals surface area (Å²) in [7, 11) is 1.58. The Bertz CT molecular complexity index is 850. The number of halogens is 4. The molecule has 1 saturated carbocycles. The minimum absolute atomic E-state index is 0.00844. The molecule has 1 aliphatic rings. The maximum absolute atomic E-state index is 13.3. The Balaban J connectivity index is 1.70. The fourth-order valence-corrected chi connectivity index (χ4v) is 3.77. The van der Waals surface area contributed by atoms with Crippen LogP contribution in [0.1, 0.15) is 36.0 Å². The summed E-state index contributed by atoms with van der Waals surface area (Å²) in [4.78, 5) is 14.4. The smallest absolute Gasteiger partial charge is 0.416 e. The van der Waals surface area contributed by atoms with Crippen LogP contribution in [-0.4, -0.2) is 24.0 Å². The number of hydrogen-bond acceptors (Lipinski definition) is 2. The molecule has 0 spiro atoms. The number of carbonyl (C=O) groups is 1. The van der Waals surface area contributed by atoms with E-state index >= 15 is 0 Å². The van der Waals surface area contributed by atoms with E-state index in [0.29, 0.717) is 12.2 Å². The monoisotopic (exact) mass is 455 g/mol. The van der Waals surface area contributed by atoms with E-state index < -0.39 is 11.7 Å². The van der Waals surface area contributed by atoms with Crippen LogP contribution in [0.25, 0.3) is 0 Å². The highest BCUT2D eigenvalue weighted by Gasteiger charge is 2.36. The second-order valence-corrected chi connectivity index (χ2v) is 7.73. The van der Waals surface area contributed by atoms with Crippen molar-refractivity contribution in [3.05, 3.63) is 63.6 Å². The predicted octanol–water partition coefficient (Wildman–Crippen LogP) is 5.60. The number of alkyl halides is 3. The van der Waals surface area contributed by atoms with Crippen molar-refractivity contribution in [2.24, 2.45) is 0 Å². The van der Waals surface area contributed by atoms with Crippen molar-refractivity contribution in [3.8, 4) is 5.75 Å². The molecule has 1 fully saturated rings. The third kappa shape index (κ3) is 5.07. The number of benzene rings is 2. The van der Waals surface area contributed by atoms with Gasteiger partial charge in [-0.1, -0.05) is 24.3 Å². The van der Waals surface area contributed by atoms with Gasteiger partial charge in [0, 0.05) is 19.0 Å². The number of ether oxygens (including phenoxy) is 1. The van der Waals surface area contributed by atoms with Crippen LogP contribution in [0, 0.1) is 0 Å². The van der Waals surface area contributed by atoms with Gasteiger partial charge in [-0.2, -0.15) is 13.2 Å². The lowest BCUT2D eigenvalue weighted by Gasteiger charge is -2.24. The van der Waals surface area contributed by atoms with Crippen molar-refractivity contribution in [2.75, 3.05) is 7.11 Å². The molecule has 1 amide bonds. The second kappa shape index (κ2) is 8.55. The van der Waals surface area contributed by atoms with Crippen molar-refractivity contribution in [3.63, 3.8) is 0 Å². The lowest BCUT2D eigenvalue weighted by molar-refractivity contribution is -0.140. The van der Waals surface area contributed by atoms with E-state index in [4.69, 9.17) is 4.74 Å². The lowest BCUT2D eigenvalue weighted by Crippen LogP contribution is -2.33. The number of nitrogens with zero attached hydrogens (tertiary/aromatic N) is 1. The van der Waals surface area contributed by atoms with Crippen LogP contribution in [0.3, 0.4) is 0 Å². The number of amides is 1. The van der Waals surface area contributed by atoms with Gasteiger partial charge in [0.25, 0.3) is 0 Å². The number of rotatable bonds is 7. The summed E-state index contributed by atoms with van der Waals surface area (Å²) in [5.74, 6) is 0.588. The van der Waals surface area contributed by atoms with Crippen LogP contribution in [0.15, 0.2) is 46.9 Å². The SMILES string of the molecule is COc1ccc(CCC(=O)N(Cc2ccccc2C(F)(F)F)C2CC2)cc1Br. The minimum atomic E-state index is -4.43. The van der Waals surface area contributed by atoms with Gasteiger partial charge in [0.2, 0.25) is 5.91 Å². The van der Waals surface area contributed by atoms with E-state index in [1.54, 1.807) is 18.1 Å². The zero-order valence-corrected chi connectivity index (χ0v) is 17.0. The molecule has 1 aliphatic carbocycles. The van der Waals surface area contributed by atoms with E-state index in [1.807, 2.05) is 18.2 Å². The summed E-state index contributed by atoms with van der Waals surface area (Å²) in [6.07, 6.45) is -1.97. The Morgan fingerprint density at radius 3 is 2.54 bits per heavy atom. The highest BCUT2D eigenvalue weighted by molar-refractivity contribution is 9.10. The Hall–Kier alpha value is -2.02. The third-order valence-corrected chi connectivity index (χ3v) is 5.43. The fourth-order valence-electron chi connectivity index (χ4n) is 3.19. The van der Waals surface area contributed by atoms with Gasteiger partial charge in [-0.15, -0.1) is 0 Å². The Morgan fingerprint density at radius 1 is 1.21 bits per heavy atom. The topological polar surface area (TPSA) is 29.5 Å². The second-order valence-electron chi connectivity index (χ2n) is 6.88. The molecule has 150 valence electrons. The molecular weight excluding hydrogens is 435 g/mol. The zero-order chi connectivity index (χ0) is 20.3. The Morgan fingerprint density at radius 2 is 1.93 bits per heavy atom.